The Labute approximate surface area is 236 Å². The molecule has 3 heterocycles. The lowest BCUT2D eigenvalue weighted by Gasteiger charge is -2.24. The molecular weight excluding hydrogens is 537 g/mol. The van der Waals surface area contributed by atoms with Crippen LogP contribution in [0, 0.1) is 11.7 Å². The predicted octanol–water partition coefficient (Wildman–Crippen LogP) is 5.08. The summed E-state index contributed by atoms with van der Waals surface area (Å²) >= 11 is 5.87. The lowest BCUT2D eigenvalue weighted by Crippen LogP contribution is -2.45. The summed E-state index contributed by atoms with van der Waals surface area (Å²) in [7, 11) is 1.51. The summed E-state index contributed by atoms with van der Waals surface area (Å²) < 4.78 is 22.1. The Kier molecular flexibility index (Phi) is 8.46. The molecule has 1 aliphatic heterocycles. The van der Waals surface area contributed by atoms with Crippen molar-refractivity contribution in [2.75, 3.05) is 24.3 Å². The van der Waals surface area contributed by atoms with E-state index in [0.717, 1.165) is 18.4 Å². The van der Waals surface area contributed by atoms with Crippen molar-refractivity contribution < 1.29 is 18.7 Å². The molecule has 3 amide bonds. The van der Waals surface area contributed by atoms with Gasteiger partial charge in [0.25, 0.3) is 5.56 Å². The lowest BCUT2D eigenvalue weighted by molar-refractivity contribution is -0.119. The van der Waals surface area contributed by atoms with Gasteiger partial charge in [-0.2, -0.15) is 0 Å². The first-order valence-electron chi connectivity index (χ1n) is 13.3. The van der Waals surface area contributed by atoms with E-state index in [1.54, 1.807) is 47.2 Å². The van der Waals surface area contributed by atoms with Gasteiger partial charge in [-0.25, -0.2) is 14.2 Å². The number of nitrogens with one attached hydrogen (secondary N) is 2. The molecule has 1 saturated carbocycles. The third-order valence-corrected chi connectivity index (χ3v) is 7.71. The Morgan fingerprint density at radius 2 is 2.00 bits per heavy atom. The topological polar surface area (TPSA) is 106 Å². The number of aromatic nitrogens is 2. The maximum Gasteiger partial charge on any atom is 0.323 e. The number of amides is 3. The number of hydrogen-bond acceptors (Lipinski definition) is 5. The van der Waals surface area contributed by atoms with Crippen LogP contribution in [0.1, 0.15) is 43.7 Å². The maximum absolute atomic E-state index is 15.0. The smallest absolute Gasteiger partial charge is 0.323 e. The number of urea groups is 1. The molecule has 0 bridgehead atoms. The van der Waals surface area contributed by atoms with E-state index in [9.17, 15) is 18.8 Å². The van der Waals surface area contributed by atoms with Gasteiger partial charge in [-0.15, -0.1) is 0 Å². The summed E-state index contributed by atoms with van der Waals surface area (Å²) in [6, 6.07) is 10.9. The molecule has 2 fully saturated rings. The van der Waals surface area contributed by atoms with E-state index in [-0.39, 0.29) is 42.2 Å². The van der Waals surface area contributed by atoms with Gasteiger partial charge in [0.2, 0.25) is 5.91 Å². The molecule has 0 spiro atoms. The first kappa shape index (κ1) is 27.8. The van der Waals surface area contributed by atoms with E-state index in [1.807, 2.05) is 0 Å². The third kappa shape index (κ3) is 6.51. The number of methoxy groups -OCH3 is 1. The number of pyridine rings is 2. The van der Waals surface area contributed by atoms with Crippen molar-refractivity contribution >= 4 is 35.0 Å². The molecule has 5 rings (SSSR count). The number of likely N-dealkylation sites (tertiary alicyclic amines) is 1. The highest BCUT2D eigenvalue weighted by Gasteiger charge is 2.40. The van der Waals surface area contributed by atoms with E-state index in [4.69, 9.17) is 16.3 Å². The van der Waals surface area contributed by atoms with Crippen molar-refractivity contribution in [2.24, 2.45) is 5.92 Å². The Balaban J connectivity index is 1.36. The number of carbonyl (C=O) groups excluding carboxylic acids is 2. The minimum atomic E-state index is -0.900. The highest BCUT2D eigenvalue weighted by molar-refractivity contribution is 6.30. The van der Waals surface area contributed by atoms with Crippen LogP contribution in [-0.2, 0) is 9.53 Å². The molecule has 1 aliphatic carbocycles. The standard InChI is InChI=1S/C29H31ClFN5O4/c1-40-21-15-25(36(17-21)29(39)34-26-12-9-20(30)16-32-26)28(38)33-23-14-19(8-10-22(23)31)24(11-7-18-5-6-18)35-13-3-2-4-27(35)37/h2-4,8-10,12-14,16,18,21,24-25H,5-7,11,15,17H2,1H3,(H,33,38)(H,32,34,39). The van der Waals surface area contributed by atoms with Gasteiger partial charge in [-0.3, -0.25) is 14.9 Å². The van der Waals surface area contributed by atoms with Crippen LogP contribution in [0.15, 0.2) is 65.7 Å². The van der Waals surface area contributed by atoms with Gasteiger partial charge >= 0.3 is 6.03 Å². The molecule has 1 aromatic carbocycles. The Hall–Kier alpha value is -3.76. The zero-order chi connectivity index (χ0) is 28.2. The number of nitrogens with zero attached hydrogens (tertiary/aromatic N) is 3. The summed E-state index contributed by atoms with van der Waals surface area (Å²) in [4.78, 5) is 44.6. The molecule has 0 radical (unpaired) electrons. The first-order chi connectivity index (χ1) is 19.3. The number of rotatable bonds is 9. The highest BCUT2D eigenvalue weighted by Crippen LogP contribution is 2.37. The molecule has 210 valence electrons. The number of carbonyl (C=O) groups is 2. The van der Waals surface area contributed by atoms with Crippen molar-refractivity contribution in [3.8, 4) is 0 Å². The molecule has 11 heteroatoms. The zero-order valence-electron chi connectivity index (χ0n) is 22.1. The van der Waals surface area contributed by atoms with Crippen LogP contribution in [0.3, 0.4) is 0 Å². The fraction of sp³-hybridized carbons (Fsp3) is 0.379. The van der Waals surface area contributed by atoms with Crippen LogP contribution < -0.4 is 16.2 Å². The van der Waals surface area contributed by atoms with Crippen LogP contribution in [0.4, 0.5) is 20.7 Å². The quantitative estimate of drug-likeness (QED) is 0.375. The van der Waals surface area contributed by atoms with E-state index in [1.165, 1.54) is 43.2 Å². The average molecular weight is 568 g/mol. The van der Waals surface area contributed by atoms with E-state index in [2.05, 4.69) is 15.6 Å². The Morgan fingerprint density at radius 1 is 1.18 bits per heavy atom. The van der Waals surface area contributed by atoms with Crippen molar-refractivity contribution in [3.63, 3.8) is 0 Å². The minimum Gasteiger partial charge on any atom is -0.380 e. The predicted molar refractivity (Wildman–Crippen MR) is 150 cm³/mol. The highest BCUT2D eigenvalue weighted by atomic mass is 35.5. The summed E-state index contributed by atoms with van der Waals surface area (Å²) in [5.74, 6) is -0.221. The van der Waals surface area contributed by atoms with Gasteiger partial charge in [0.15, 0.2) is 0 Å². The Morgan fingerprint density at radius 3 is 2.70 bits per heavy atom. The van der Waals surface area contributed by atoms with Crippen molar-refractivity contribution in [1.82, 2.24) is 14.5 Å². The van der Waals surface area contributed by atoms with Gasteiger partial charge in [0, 0.05) is 38.5 Å². The molecular formula is C29H31ClFN5O4. The monoisotopic (exact) mass is 567 g/mol. The number of ether oxygens (including phenoxy) is 1. The van der Waals surface area contributed by atoms with Crippen LogP contribution in [0.5, 0.6) is 0 Å². The molecule has 2 aliphatic rings. The summed E-state index contributed by atoms with van der Waals surface area (Å²) in [6.45, 7) is 0.177. The van der Waals surface area contributed by atoms with Gasteiger partial charge in [0.05, 0.1) is 22.9 Å². The second kappa shape index (κ2) is 12.2. The summed E-state index contributed by atoms with van der Waals surface area (Å²) in [5.41, 5.74) is 0.561. The van der Waals surface area contributed by atoms with Crippen molar-refractivity contribution in [3.05, 3.63) is 87.7 Å². The van der Waals surface area contributed by atoms with Gasteiger partial charge in [-0.05, 0) is 54.7 Å². The van der Waals surface area contributed by atoms with Crippen LogP contribution in [0.25, 0.3) is 0 Å². The molecule has 40 heavy (non-hydrogen) atoms. The fourth-order valence-corrected chi connectivity index (χ4v) is 5.21. The van der Waals surface area contributed by atoms with E-state index >= 15 is 0 Å². The van der Waals surface area contributed by atoms with Crippen molar-refractivity contribution in [1.29, 1.82) is 0 Å². The molecule has 3 aromatic rings. The fourth-order valence-electron chi connectivity index (χ4n) is 5.10. The molecule has 1 saturated heterocycles. The van der Waals surface area contributed by atoms with Crippen LogP contribution >= 0.6 is 11.6 Å². The molecule has 3 unspecified atom stereocenters. The van der Waals surface area contributed by atoms with Crippen LogP contribution in [0.2, 0.25) is 5.02 Å². The van der Waals surface area contributed by atoms with Gasteiger partial charge < -0.3 is 19.5 Å². The molecule has 2 aromatic heterocycles. The normalized spacial score (nSPS) is 19.3. The molecule has 2 N–H and O–H groups in total. The molecule has 9 nitrogen and oxygen atoms in total. The first-order valence-corrected chi connectivity index (χ1v) is 13.7. The average Bonchev–Trinajstić information content (AvgIpc) is 3.67. The third-order valence-electron chi connectivity index (χ3n) is 7.49. The Bertz CT molecular complexity index is 1430. The van der Waals surface area contributed by atoms with E-state index < -0.39 is 23.8 Å². The lowest BCUT2D eigenvalue weighted by atomic mass is 9.99. The van der Waals surface area contributed by atoms with E-state index in [0.29, 0.717) is 10.9 Å². The maximum atomic E-state index is 15.0. The van der Waals surface area contributed by atoms with Crippen molar-refractivity contribution in [2.45, 2.75) is 50.3 Å². The number of hydrogen-bond donors (Lipinski definition) is 2. The second-order valence-corrected chi connectivity index (χ2v) is 10.7. The summed E-state index contributed by atoms with van der Waals surface area (Å²) in [6.07, 6.45) is 7.06. The number of halogens is 2. The summed E-state index contributed by atoms with van der Waals surface area (Å²) in [5, 5.41) is 5.77. The number of anilines is 2. The largest absolute Gasteiger partial charge is 0.380 e. The molecule has 3 atom stereocenters. The number of benzene rings is 1. The minimum absolute atomic E-state index is 0.0107. The SMILES string of the molecule is COC1CC(C(=O)Nc2cc(C(CCC3CC3)n3ccccc3=O)ccc2F)N(C(=O)Nc2ccc(Cl)cn2)C1. The van der Waals surface area contributed by atoms with Crippen LogP contribution in [-0.4, -0.2) is 52.2 Å². The van der Waals surface area contributed by atoms with Gasteiger partial charge in [-0.1, -0.05) is 36.6 Å². The van der Waals surface area contributed by atoms with Gasteiger partial charge in [0.1, 0.15) is 17.7 Å². The second-order valence-electron chi connectivity index (χ2n) is 10.3. The zero-order valence-corrected chi connectivity index (χ0v) is 22.8.